The molecule has 4 heavy (non-hydrogen) atoms. The number of hydrogen-bond acceptors (Lipinski definition) is 0. The third kappa shape index (κ3) is 9.49. The van der Waals surface area contributed by atoms with Crippen molar-refractivity contribution >= 4 is 37.2 Å². The molecule has 1 radical (unpaired) electrons. The van der Waals surface area contributed by atoms with E-state index in [0.29, 0.717) is 0 Å². The maximum Gasteiger partial charge on any atom is 0 e. The molecule has 0 unspecified atom stereocenters. The summed E-state index contributed by atoms with van der Waals surface area (Å²) in [5.74, 6) is 0. The van der Waals surface area contributed by atoms with Gasteiger partial charge in [0.15, 0.2) is 0 Å². The summed E-state index contributed by atoms with van der Waals surface area (Å²) in [6.07, 6.45) is 0. The monoisotopic (exact) mass is 289 g/mol. The maximum atomic E-state index is 0. The van der Waals surface area contributed by atoms with Crippen molar-refractivity contribution in [3.63, 3.8) is 0 Å². The molecule has 0 nitrogen and oxygen atoms in total. The van der Waals surface area contributed by atoms with Crippen LogP contribution in [0.1, 0.15) is 0 Å². The quantitative estimate of drug-likeness (QED) is 0.630. The molecule has 0 aliphatic rings. The van der Waals surface area contributed by atoms with E-state index in [-0.39, 0.29) is 59.6 Å². The fraction of sp³-hybridized carbons (Fsp3) is 0. The van der Waals surface area contributed by atoms with E-state index >= 15 is 0 Å². The Labute approximate surface area is 59.5 Å². The number of halogens is 3. The van der Waals surface area contributed by atoms with Crippen LogP contribution in [0.15, 0.2) is 0 Å². The summed E-state index contributed by atoms with van der Waals surface area (Å²) in [4.78, 5) is 0. The first-order chi connectivity index (χ1) is 0. The van der Waals surface area contributed by atoms with Gasteiger partial charge in [-0.25, -0.2) is 0 Å². The zero-order valence-electron chi connectivity index (χ0n) is 1.67. The molecule has 0 saturated heterocycles. The third-order valence-corrected chi connectivity index (χ3v) is 0. The minimum atomic E-state index is 0. The summed E-state index contributed by atoms with van der Waals surface area (Å²) < 4.78 is 0. The summed E-state index contributed by atoms with van der Waals surface area (Å²) in [7, 11) is 0. The topological polar surface area (TPSA) is 0 Å². The van der Waals surface area contributed by atoms with E-state index in [1.54, 1.807) is 0 Å². The average Bonchev–Trinajstić information content (AvgIpc) is 0. The van der Waals surface area contributed by atoms with Crippen molar-refractivity contribution < 1.29 is 22.4 Å². The normalized spacial score (nSPS) is 0. The van der Waals surface area contributed by atoms with E-state index in [1.807, 2.05) is 0 Å². The van der Waals surface area contributed by atoms with Crippen molar-refractivity contribution in [1.29, 1.82) is 0 Å². The van der Waals surface area contributed by atoms with Gasteiger partial charge in [-0.2, -0.15) is 0 Å². The van der Waals surface area contributed by atoms with Crippen LogP contribution in [0.2, 0.25) is 0 Å². The molecule has 0 bridgehead atoms. The van der Waals surface area contributed by atoms with Gasteiger partial charge in [0.2, 0.25) is 0 Å². The predicted molar refractivity (Wildman–Crippen MR) is 21.7 cm³/mol. The minimum absolute atomic E-state index is 0. The molecule has 0 N–H and O–H groups in total. The average molecular weight is 290 g/mol. The van der Waals surface area contributed by atoms with Crippen molar-refractivity contribution in [1.82, 2.24) is 0 Å². The number of rotatable bonds is 0. The second-order valence-electron chi connectivity index (χ2n) is 0. The molecule has 0 aromatic rings. The van der Waals surface area contributed by atoms with E-state index in [9.17, 15) is 0 Å². The van der Waals surface area contributed by atoms with Gasteiger partial charge >= 0.3 is 0 Å². The zero-order chi connectivity index (χ0) is 0. The van der Waals surface area contributed by atoms with Gasteiger partial charge in [-0.15, -0.1) is 37.2 Å². The largest absolute Gasteiger partial charge is 0.147 e. The van der Waals surface area contributed by atoms with Gasteiger partial charge in [0.1, 0.15) is 0 Å². The Morgan fingerprint density at radius 2 is 0.500 bits per heavy atom. The molecule has 0 aromatic carbocycles. The molecular formula is H3Cl3Ta. The van der Waals surface area contributed by atoms with Gasteiger partial charge in [-0.1, -0.05) is 0 Å². The van der Waals surface area contributed by atoms with Crippen LogP contribution in [0, 0.1) is 0 Å². The molecule has 4 heteroatoms. The van der Waals surface area contributed by atoms with Gasteiger partial charge in [0.25, 0.3) is 0 Å². The van der Waals surface area contributed by atoms with E-state index in [4.69, 9.17) is 0 Å². The molecule has 0 rings (SSSR count). The second kappa shape index (κ2) is 23.2. The fourth-order valence-electron chi connectivity index (χ4n) is 0. The summed E-state index contributed by atoms with van der Waals surface area (Å²) in [5.41, 5.74) is 0. The first-order valence-electron chi connectivity index (χ1n) is 0. The van der Waals surface area contributed by atoms with Crippen molar-refractivity contribution in [2.75, 3.05) is 0 Å². The summed E-state index contributed by atoms with van der Waals surface area (Å²) >= 11 is 0. The van der Waals surface area contributed by atoms with Gasteiger partial charge in [0, 0.05) is 22.4 Å². The second-order valence-corrected chi connectivity index (χ2v) is 0. The predicted octanol–water partition coefficient (Wildman–Crippen LogP) is 1.26. The summed E-state index contributed by atoms with van der Waals surface area (Å²) in [6.45, 7) is 0. The van der Waals surface area contributed by atoms with Gasteiger partial charge in [-0.3, -0.25) is 0 Å². The molecule has 0 saturated carbocycles. The van der Waals surface area contributed by atoms with Crippen LogP contribution < -0.4 is 0 Å². The SMILES string of the molecule is Cl.Cl.Cl.[Ta]. The van der Waals surface area contributed by atoms with E-state index in [1.165, 1.54) is 0 Å². The molecular weight excluding hydrogens is 287 g/mol. The number of hydrogen-bond donors (Lipinski definition) is 0. The summed E-state index contributed by atoms with van der Waals surface area (Å²) in [6, 6.07) is 0. The summed E-state index contributed by atoms with van der Waals surface area (Å²) in [5, 5.41) is 0. The van der Waals surface area contributed by atoms with Crippen molar-refractivity contribution in [3.05, 3.63) is 0 Å². The van der Waals surface area contributed by atoms with Gasteiger partial charge < -0.3 is 0 Å². The minimum Gasteiger partial charge on any atom is -0.147 e. The standard InChI is InChI=1S/3ClH.Ta/h3*1H;. The van der Waals surface area contributed by atoms with Crippen LogP contribution in [-0.2, 0) is 22.4 Å². The molecule has 0 aliphatic heterocycles. The van der Waals surface area contributed by atoms with Crippen molar-refractivity contribution in [2.45, 2.75) is 0 Å². The van der Waals surface area contributed by atoms with Crippen molar-refractivity contribution in [2.24, 2.45) is 0 Å². The van der Waals surface area contributed by atoms with Crippen molar-refractivity contribution in [3.8, 4) is 0 Å². The zero-order valence-corrected chi connectivity index (χ0v) is 7.33. The Balaban J connectivity index is 0. The maximum absolute atomic E-state index is 0. The van der Waals surface area contributed by atoms with Crippen LogP contribution >= 0.6 is 37.2 Å². The van der Waals surface area contributed by atoms with E-state index < -0.39 is 0 Å². The molecule has 0 fully saturated rings. The van der Waals surface area contributed by atoms with Crippen LogP contribution in [0.3, 0.4) is 0 Å². The first-order valence-corrected chi connectivity index (χ1v) is 0. The van der Waals surface area contributed by atoms with Crippen LogP contribution in [-0.4, -0.2) is 0 Å². The Bertz CT molecular complexity index is 3.25. The Morgan fingerprint density at radius 3 is 0.500 bits per heavy atom. The van der Waals surface area contributed by atoms with Gasteiger partial charge in [0.05, 0.1) is 0 Å². The Morgan fingerprint density at radius 1 is 0.500 bits per heavy atom. The molecule has 0 spiro atoms. The molecule has 0 aliphatic carbocycles. The van der Waals surface area contributed by atoms with E-state index in [0.717, 1.165) is 0 Å². The molecule has 0 heterocycles. The molecule has 29 valence electrons. The van der Waals surface area contributed by atoms with Crippen LogP contribution in [0.4, 0.5) is 0 Å². The molecule has 0 atom stereocenters. The fourth-order valence-corrected chi connectivity index (χ4v) is 0. The smallest absolute Gasteiger partial charge is 0 e. The van der Waals surface area contributed by atoms with Crippen LogP contribution in [0.25, 0.3) is 0 Å². The first kappa shape index (κ1) is 46.0. The third-order valence-electron chi connectivity index (χ3n) is 0. The van der Waals surface area contributed by atoms with Gasteiger partial charge in [-0.05, 0) is 0 Å². The Kier molecular flexibility index (Phi) is 266. The van der Waals surface area contributed by atoms with Crippen LogP contribution in [0.5, 0.6) is 0 Å². The molecule has 0 amide bonds. The molecule has 0 aromatic heterocycles. The van der Waals surface area contributed by atoms with E-state index in [2.05, 4.69) is 0 Å². The Hall–Kier alpha value is 1.61.